The van der Waals surface area contributed by atoms with Crippen LogP contribution in [0.3, 0.4) is 0 Å². The fourth-order valence-electron chi connectivity index (χ4n) is 4.90. The third-order valence-electron chi connectivity index (χ3n) is 6.91. The van der Waals surface area contributed by atoms with E-state index >= 15 is 0 Å². The lowest BCUT2D eigenvalue weighted by Gasteiger charge is -2.34. The Morgan fingerprint density at radius 3 is 2.32 bits per heavy atom. The lowest BCUT2D eigenvalue weighted by atomic mass is 9.85. The summed E-state index contributed by atoms with van der Waals surface area (Å²) >= 11 is 0. The minimum absolute atomic E-state index is 0.141. The van der Waals surface area contributed by atoms with Crippen LogP contribution in [0.5, 0.6) is 0 Å². The Balaban J connectivity index is 1.24. The van der Waals surface area contributed by atoms with Gasteiger partial charge in [-0.25, -0.2) is 0 Å². The number of likely N-dealkylation sites (tertiary alicyclic amines) is 1. The van der Waals surface area contributed by atoms with Crippen molar-refractivity contribution < 1.29 is 9.90 Å². The Morgan fingerprint density at radius 2 is 1.68 bits per heavy atom. The molecule has 0 aromatic heterocycles. The van der Waals surface area contributed by atoms with Gasteiger partial charge >= 0.3 is 0 Å². The summed E-state index contributed by atoms with van der Waals surface area (Å²) < 4.78 is 0. The Hall–Kier alpha value is -1.43. The molecule has 0 spiro atoms. The zero-order valence-electron chi connectivity index (χ0n) is 17.1. The van der Waals surface area contributed by atoms with E-state index in [-0.39, 0.29) is 12.5 Å². The first-order valence-electron chi connectivity index (χ1n) is 11.1. The van der Waals surface area contributed by atoms with E-state index in [9.17, 15) is 4.79 Å². The summed E-state index contributed by atoms with van der Waals surface area (Å²) in [7, 11) is 0. The van der Waals surface area contributed by atoms with Gasteiger partial charge in [0.05, 0.1) is 6.61 Å². The van der Waals surface area contributed by atoms with Crippen molar-refractivity contribution in [1.29, 1.82) is 0 Å². The molecule has 0 radical (unpaired) electrons. The highest BCUT2D eigenvalue weighted by Crippen LogP contribution is 2.30. The van der Waals surface area contributed by atoms with Crippen LogP contribution in [0.25, 0.3) is 0 Å². The molecule has 1 aromatic carbocycles. The van der Waals surface area contributed by atoms with Crippen LogP contribution >= 0.6 is 0 Å². The predicted octanol–water partition coefficient (Wildman–Crippen LogP) is 2.10. The number of carbonyl (C=O) groups is 1. The van der Waals surface area contributed by atoms with Gasteiger partial charge in [0, 0.05) is 51.4 Å². The normalized spacial score (nSPS) is 24.5. The second-order valence-electron chi connectivity index (χ2n) is 8.97. The Bertz CT molecular complexity index is 636. The molecule has 1 amide bonds. The van der Waals surface area contributed by atoms with Crippen molar-refractivity contribution in [3.05, 3.63) is 35.4 Å². The third kappa shape index (κ3) is 4.94. The highest BCUT2D eigenvalue weighted by Gasteiger charge is 2.27. The largest absolute Gasteiger partial charge is 0.395 e. The zero-order valence-corrected chi connectivity index (χ0v) is 17.1. The van der Waals surface area contributed by atoms with E-state index in [2.05, 4.69) is 21.9 Å². The van der Waals surface area contributed by atoms with Gasteiger partial charge < -0.3 is 14.9 Å². The van der Waals surface area contributed by atoms with Gasteiger partial charge in [-0.2, -0.15) is 0 Å². The minimum atomic E-state index is 0.141. The van der Waals surface area contributed by atoms with Crippen LogP contribution in [0.2, 0.25) is 0 Å². The van der Waals surface area contributed by atoms with E-state index in [1.54, 1.807) is 0 Å². The highest BCUT2D eigenvalue weighted by atomic mass is 16.3. The first-order valence-corrected chi connectivity index (χ1v) is 11.1. The molecule has 5 nitrogen and oxygen atoms in total. The van der Waals surface area contributed by atoms with Gasteiger partial charge in [-0.3, -0.25) is 9.69 Å². The second kappa shape index (κ2) is 9.38. The van der Waals surface area contributed by atoms with Crippen molar-refractivity contribution in [2.24, 2.45) is 11.8 Å². The fourth-order valence-corrected chi connectivity index (χ4v) is 4.90. The van der Waals surface area contributed by atoms with Crippen molar-refractivity contribution in [3.63, 3.8) is 0 Å². The molecule has 3 fully saturated rings. The van der Waals surface area contributed by atoms with Crippen molar-refractivity contribution >= 4 is 5.91 Å². The molecular formula is C23H35N3O2. The number of piperazine rings is 1. The van der Waals surface area contributed by atoms with E-state index < -0.39 is 0 Å². The molecule has 2 heterocycles. The van der Waals surface area contributed by atoms with Crippen LogP contribution in [-0.4, -0.2) is 84.7 Å². The summed E-state index contributed by atoms with van der Waals surface area (Å²) in [5, 5.41) is 9.04. The van der Waals surface area contributed by atoms with Crippen molar-refractivity contribution in [2.75, 3.05) is 59.0 Å². The first-order chi connectivity index (χ1) is 13.7. The minimum Gasteiger partial charge on any atom is -0.395 e. The number of rotatable bonds is 7. The van der Waals surface area contributed by atoms with E-state index in [1.807, 2.05) is 17.0 Å². The number of hydrogen-bond acceptors (Lipinski definition) is 4. The molecule has 1 saturated carbocycles. The van der Waals surface area contributed by atoms with Crippen LogP contribution < -0.4 is 0 Å². The molecule has 4 rings (SSSR count). The summed E-state index contributed by atoms with van der Waals surface area (Å²) in [6.07, 6.45) is 6.76. The van der Waals surface area contributed by atoms with Gasteiger partial charge in [-0.1, -0.05) is 18.6 Å². The van der Waals surface area contributed by atoms with Crippen LogP contribution in [-0.2, 0) is 6.42 Å². The smallest absolute Gasteiger partial charge is 0.253 e. The summed E-state index contributed by atoms with van der Waals surface area (Å²) in [5.74, 6) is 1.87. The summed E-state index contributed by atoms with van der Waals surface area (Å²) in [6.45, 7) is 7.92. The summed E-state index contributed by atoms with van der Waals surface area (Å²) in [5.41, 5.74) is 2.16. The Labute approximate surface area is 169 Å². The molecule has 1 atom stereocenters. The van der Waals surface area contributed by atoms with Gasteiger partial charge in [0.2, 0.25) is 0 Å². The number of hydrogen-bond donors (Lipinski definition) is 1. The van der Waals surface area contributed by atoms with Gasteiger partial charge in [-0.05, 0) is 61.8 Å². The molecule has 154 valence electrons. The van der Waals surface area contributed by atoms with Crippen molar-refractivity contribution in [2.45, 2.75) is 32.1 Å². The molecule has 1 unspecified atom stereocenters. The lowest BCUT2D eigenvalue weighted by molar-refractivity contribution is 0.0615. The number of β-amino-alcohol motifs (C(OH)–C–C–N with tert-alkyl or cyclic N) is 1. The maximum absolute atomic E-state index is 12.8. The van der Waals surface area contributed by atoms with Crippen LogP contribution in [0, 0.1) is 11.8 Å². The van der Waals surface area contributed by atoms with Crippen LogP contribution in [0.4, 0.5) is 0 Å². The first kappa shape index (κ1) is 19.9. The van der Waals surface area contributed by atoms with Gasteiger partial charge in [-0.15, -0.1) is 0 Å². The second-order valence-corrected chi connectivity index (χ2v) is 8.97. The Kier molecular flexibility index (Phi) is 6.65. The topological polar surface area (TPSA) is 47.0 Å². The molecule has 1 aliphatic carbocycles. The number of aliphatic hydroxyl groups excluding tert-OH is 1. The van der Waals surface area contributed by atoms with E-state index in [1.165, 1.54) is 50.9 Å². The predicted molar refractivity (Wildman–Crippen MR) is 111 cm³/mol. The molecule has 3 aliphatic rings. The number of benzene rings is 1. The SMILES string of the molecule is O=C(c1ccc(CC2CCN(CC3CCC3)C2)cc1)N1CCN(CCO)CC1. The Morgan fingerprint density at radius 1 is 0.929 bits per heavy atom. The standard InChI is InChI=1S/C23H35N3O2/c27-15-14-24-10-12-26(13-11-24)23(28)22-6-4-19(5-7-22)16-21-8-9-25(18-21)17-20-2-1-3-20/h4-7,20-21,27H,1-3,8-18H2. The molecule has 28 heavy (non-hydrogen) atoms. The average molecular weight is 386 g/mol. The number of aliphatic hydroxyl groups is 1. The lowest BCUT2D eigenvalue weighted by Crippen LogP contribution is -2.49. The third-order valence-corrected chi connectivity index (χ3v) is 6.91. The van der Waals surface area contributed by atoms with Gasteiger partial charge in [0.1, 0.15) is 0 Å². The quantitative estimate of drug-likeness (QED) is 0.781. The van der Waals surface area contributed by atoms with Crippen molar-refractivity contribution in [1.82, 2.24) is 14.7 Å². The monoisotopic (exact) mass is 385 g/mol. The fraction of sp³-hybridized carbons (Fsp3) is 0.696. The average Bonchev–Trinajstić information content (AvgIpc) is 3.13. The molecule has 0 bridgehead atoms. The zero-order chi connectivity index (χ0) is 19.3. The van der Waals surface area contributed by atoms with Crippen LogP contribution in [0.1, 0.15) is 41.6 Å². The summed E-state index contributed by atoms with van der Waals surface area (Å²) in [6, 6.07) is 8.34. The van der Waals surface area contributed by atoms with E-state index in [0.717, 1.165) is 50.0 Å². The van der Waals surface area contributed by atoms with Gasteiger partial charge in [0.15, 0.2) is 0 Å². The molecule has 1 aromatic rings. The number of carbonyl (C=O) groups excluding carboxylic acids is 1. The van der Waals surface area contributed by atoms with E-state index in [0.29, 0.717) is 6.54 Å². The highest BCUT2D eigenvalue weighted by molar-refractivity contribution is 5.94. The number of amides is 1. The number of nitrogens with zero attached hydrogens (tertiary/aromatic N) is 3. The maximum Gasteiger partial charge on any atom is 0.253 e. The van der Waals surface area contributed by atoms with E-state index in [4.69, 9.17) is 5.11 Å². The molecule has 1 N–H and O–H groups in total. The summed E-state index contributed by atoms with van der Waals surface area (Å²) in [4.78, 5) is 19.6. The molecule has 2 aliphatic heterocycles. The maximum atomic E-state index is 12.8. The van der Waals surface area contributed by atoms with Gasteiger partial charge in [0.25, 0.3) is 5.91 Å². The van der Waals surface area contributed by atoms with Crippen molar-refractivity contribution in [3.8, 4) is 0 Å². The van der Waals surface area contributed by atoms with Crippen LogP contribution in [0.15, 0.2) is 24.3 Å². The molecule has 2 saturated heterocycles. The molecular weight excluding hydrogens is 350 g/mol. The molecule has 5 heteroatoms.